The van der Waals surface area contributed by atoms with Gasteiger partial charge in [-0.05, 0) is 37.3 Å². The highest BCUT2D eigenvalue weighted by molar-refractivity contribution is 5.48. The molecule has 3 heteroatoms. The molecular formula is C17H25N3. The van der Waals surface area contributed by atoms with Crippen molar-refractivity contribution in [1.29, 1.82) is 0 Å². The van der Waals surface area contributed by atoms with Gasteiger partial charge >= 0.3 is 0 Å². The summed E-state index contributed by atoms with van der Waals surface area (Å²) in [7, 11) is 0. The van der Waals surface area contributed by atoms with Crippen molar-refractivity contribution in [1.82, 2.24) is 10.3 Å². The first-order chi connectivity index (χ1) is 9.70. The highest BCUT2D eigenvalue weighted by atomic mass is 15.2. The van der Waals surface area contributed by atoms with Crippen molar-refractivity contribution in [2.75, 3.05) is 24.5 Å². The second-order valence-corrected chi connectivity index (χ2v) is 6.04. The predicted molar refractivity (Wildman–Crippen MR) is 84.6 cm³/mol. The van der Waals surface area contributed by atoms with Crippen molar-refractivity contribution in [2.45, 2.75) is 33.2 Å². The maximum atomic E-state index is 5.52. The number of nitrogens with one attached hydrogen (secondary N) is 1. The molecule has 1 N–H and O–H groups in total. The van der Waals surface area contributed by atoms with E-state index in [1.165, 1.54) is 18.4 Å². The van der Waals surface area contributed by atoms with Crippen LogP contribution in [0.25, 0.3) is 0 Å². The Morgan fingerprint density at radius 3 is 2.95 bits per heavy atom. The summed E-state index contributed by atoms with van der Waals surface area (Å²) >= 11 is 0. The molecule has 1 saturated carbocycles. The molecule has 0 bridgehead atoms. The Hall–Kier alpha value is -1.53. The Bertz CT molecular complexity index is 458. The monoisotopic (exact) mass is 271 g/mol. The Morgan fingerprint density at radius 1 is 1.50 bits per heavy atom. The molecule has 0 saturated heterocycles. The minimum absolute atomic E-state index is 0.644. The molecular weight excluding hydrogens is 246 g/mol. The number of hydrogen-bond acceptors (Lipinski definition) is 3. The third-order valence-electron chi connectivity index (χ3n) is 3.49. The van der Waals surface area contributed by atoms with Crippen LogP contribution >= 0.6 is 0 Å². The van der Waals surface area contributed by atoms with Gasteiger partial charge in [0.15, 0.2) is 0 Å². The molecule has 3 nitrogen and oxygen atoms in total. The lowest BCUT2D eigenvalue weighted by molar-refractivity contribution is 0.551. The first kappa shape index (κ1) is 14.9. The fourth-order valence-electron chi connectivity index (χ4n) is 2.30. The summed E-state index contributed by atoms with van der Waals surface area (Å²) in [5.74, 6) is 5.28. The molecule has 0 amide bonds. The van der Waals surface area contributed by atoms with Crippen LogP contribution in [-0.2, 0) is 6.54 Å². The molecule has 1 aromatic heterocycles. The van der Waals surface area contributed by atoms with Crippen LogP contribution < -0.4 is 10.2 Å². The van der Waals surface area contributed by atoms with Gasteiger partial charge < -0.3 is 10.2 Å². The quantitative estimate of drug-likeness (QED) is 0.737. The lowest BCUT2D eigenvalue weighted by atomic mass is 10.2. The van der Waals surface area contributed by atoms with Gasteiger partial charge in [0, 0.05) is 24.8 Å². The van der Waals surface area contributed by atoms with E-state index in [0.717, 1.165) is 31.4 Å². The van der Waals surface area contributed by atoms with Crippen LogP contribution in [0.5, 0.6) is 0 Å². The summed E-state index contributed by atoms with van der Waals surface area (Å²) in [5, 5.41) is 3.49. The van der Waals surface area contributed by atoms with Crippen LogP contribution in [-0.4, -0.2) is 24.6 Å². The molecule has 0 unspecified atom stereocenters. The van der Waals surface area contributed by atoms with E-state index in [1.54, 1.807) is 0 Å². The Labute approximate surface area is 122 Å². The van der Waals surface area contributed by atoms with Crippen LogP contribution in [0.2, 0.25) is 0 Å². The minimum Gasteiger partial charge on any atom is -0.345 e. The maximum Gasteiger partial charge on any atom is 0.133 e. The summed E-state index contributed by atoms with van der Waals surface area (Å²) in [4.78, 5) is 6.82. The lowest BCUT2D eigenvalue weighted by Gasteiger charge is -2.24. The van der Waals surface area contributed by atoms with Crippen LogP contribution in [0.3, 0.4) is 0 Å². The van der Waals surface area contributed by atoms with Crippen molar-refractivity contribution in [3.63, 3.8) is 0 Å². The van der Waals surface area contributed by atoms with Crippen LogP contribution in [0.15, 0.2) is 18.3 Å². The molecule has 108 valence electrons. The molecule has 0 aliphatic heterocycles. The molecule has 1 fully saturated rings. The van der Waals surface area contributed by atoms with E-state index in [-0.39, 0.29) is 0 Å². The Balaban J connectivity index is 2.05. The van der Waals surface area contributed by atoms with Crippen molar-refractivity contribution < 1.29 is 0 Å². The molecule has 1 aliphatic carbocycles. The number of pyridine rings is 1. The van der Waals surface area contributed by atoms with Gasteiger partial charge in [-0.2, -0.15) is 0 Å². The first-order valence-electron chi connectivity index (χ1n) is 7.53. The summed E-state index contributed by atoms with van der Waals surface area (Å²) < 4.78 is 0. The number of rotatable bonds is 8. The zero-order valence-electron chi connectivity index (χ0n) is 12.6. The SMILES string of the molecule is C#CCN(CC1CC1)c1ncccc1CNCC(C)C. The highest BCUT2D eigenvalue weighted by Crippen LogP contribution is 2.31. The number of nitrogens with zero attached hydrogens (tertiary/aromatic N) is 2. The van der Waals surface area contributed by atoms with Gasteiger partial charge in [0.2, 0.25) is 0 Å². The van der Waals surface area contributed by atoms with Crippen molar-refractivity contribution in [3.8, 4) is 12.3 Å². The fraction of sp³-hybridized carbons (Fsp3) is 0.588. The fourth-order valence-corrected chi connectivity index (χ4v) is 2.30. The van der Waals surface area contributed by atoms with Gasteiger partial charge in [0.25, 0.3) is 0 Å². The minimum atomic E-state index is 0.644. The van der Waals surface area contributed by atoms with E-state index in [4.69, 9.17) is 6.42 Å². The third kappa shape index (κ3) is 4.54. The molecule has 1 aliphatic rings. The van der Waals surface area contributed by atoms with E-state index in [1.807, 2.05) is 12.3 Å². The first-order valence-corrected chi connectivity index (χ1v) is 7.53. The number of hydrogen-bond donors (Lipinski definition) is 1. The Morgan fingerprint density at radius 2 is 2.30 bits per heavy atom. The summed E-state index contributed by atoms with van der Waals surface area (Å²) in [6.07, 6.45) is 10.0. The van der Waals surface area contributed by atoms with Gasteiger partial charge in [0.05, 0.1) is 6.54 Å². The van der Waals surface area contributed by atoms with E-state index in [2.05, 4.69) is 41.0 Å². The zero-order chi connectivity index (χ0) is 14.4. The third-order valence-corrected chi connectivity index (χ3v) is 3.49. The number of aromatic nitrogens is 1. The smallest absolute Gasteiger partial charge is 0.133 e. The van der Waals surface area contributed by atoms with Crippen LogP contribution in [0.1, 0.15) is 32.3 Å². The van der Waals surface area contributed by atoms with Crippen LogP contribution in [0, 0.1) is 24.2 Å². The molecule has 0 atom stereocenters. The molecule has 1 aromatic rings. The zero-order valence-corrected chi connectivity index (χ0v) is 12.6. The van der Waals surface area contributed by atoms with Gasteiger partial charge in [-0.3, -0.25) is 0 Å². The second-order valence-electron chi connectivity index (χ2n) is 6.04. The number of anilines is 1. The molecule has 0 aromatic carbocycles. The Kier molecular flexibility index (Phi) is 5.43. The molecule has 1 heterocycles. The summed E-state index contributed by atoms with van der Waals surface area (Å²) in [6, 6.07) is 4.15. The lowest BCUT2D eigenvalue weighted by Crippen LogP contribution is -2.29. The van der Waals surface area contributed by atoms with Gasteiger partial charge in [0.1, 0.15) is 5.82 Å². The summed E-state index contributed by atoms with van der Waals surface area (Å²) in [6.45, 7) is 7.99. The standard InChI is InChI=1S/C17H25N3/c1-4-10-20(13-15-7-8-15)17-16(6-5-9-19-17)12-18-11-14(2)3/h1,5-6,9,14-15,18H,7-8,10-13H2,2-3H3. The van der Waals surface area contributed by atoms with Gasteiger partial charge in [-0.25, -0.2) is 4.98 Å². The summed E-state index contributed by atoms with van der Waals surface area (Å²) in [5.41, 5.74) is 1.24. The van der Waals surface area contributed by atoms with Gasteiger partial charge in [-0.15, -0.1) is 6.42 Å². The van der Waals surface area contributed by atoms with Crippen molar-refractivity contribution in [2.24, 2.45) is 11.8 Å². The van der Waals surface area contributed by atoms with E-state index in [9.17, 15) is 0 Å². The average Bonchev–Trinajstić information content (AvgIpc) is 3.22. The van der Waals surface area contributed by atoms with Crippen molar-refractivity contribution >= 4 is 5.82 Å². The maximum absolute atomic E-state index is 5.52. The van der Waals surface area contributed by atoms with Gasteiger partial charge in [-0.1, -0.05) is 25.8 Å². The highest BCUT2D eigenvalue weighted by Gasteiger charge is 2.25. The normalized spacial score (nSPS) is 14.3. The van der Waals surface area contributed by atoms with E-state index < -0.39 is 0 Å². The number of terminal acetylenes is 1. The topological polar surface area (TPSA) is 28.2 Å². The average molecular weight is 271 g/mol. The van der Waals surface area contributed by atoms with Crippen molar-refractivity contribution in [3.05, 3.63) is 23.9 Å². The molecule has 0 radical (unpaired) electrons. The van der Waals surface area contributed by atoms with E-state index >= 15 is 0 Å². The largest absolute Gasteiger partial charge is 0.345 e. The second kappa shape index (κ2) is 7.31. The van der Waals surface area contributed by atoms with E-state index in [0.29, 0.717) is 12.5 Å². The molecule has 0 spiro atoms. The molecule has 20 heavy (non-hydrogen) atoms. The van der Waals surface area contributed by atoms with Crippen LogP contribution in [0.4, 0.5) is 5.82 Å². The molecule has 2 rings (SSSR count). The predicted octanol–water partition coefficient (Wildman–Crippen LogP) is 2.68.